The molecular formula is C50H83N3O16P2. The molecule has 7 N–H and O–H groups in total. The number of phosphoric ester groups is 2. The third kappa shape index (κ3) is 30.9. The smallest absolute Gasteiger partial charge is 0.462 e. The van der Waals surface area contributed by atoms with Crippen LogP contribution < -0.4 is 11.4 Å². The van der Waals surface area contributed by atoms with Gasteiger partial charge in [-0.25, -0.2) is 13.9 Å². The van der Waals surface area contributed by atoms with Crippen molar-refractivity contribution in [2.75, 3.05) is 25.6 Å². The number of rotatable bonds is 41. The molecule has 2 rings (SSSR count). The summed E-state index contributed by atoms with van der Waals surface area (Å²) in [4.78, 5) is 61.9. The number of carbonyl (C=O) groups excluding carboxylic acids is 2. The van der Waals surface area contributed by atoms with Crippen LogP contribution in [0.15, 0.2) is 77.8 Å². The number of nitrogens with zero attached hydrogens (tertiary/aromatic N) is 2. The first-order valence-corrected chi connectivity index (χ1v) is 28.4. The van der Waals surface area contributed by atoms with Crippen LogP contribution in [0.25, 0.3) is 0 Å². The topological polar surface area (TPSA) is 286 Å². The second-order valence-corrected chi connectivity index (χ2v) is 20.5. The second kappa shape index (κ2) is 38.1. The van der Waals surface area contributed by atoms with Crippen molar-refractivity contribution >= 4 is 33.4 Å². The molecule has 19 nitrogen and oxygen atoms in total. The predicted molar refractivity (Wildman–Crippen MR) is 272 cm³/mol. The van der Waals surface area contributed by atoms with Crippen LogP contribution >= 0.6 is 15.6 Å². The van der Waals surface area contributed by atoms with Gasteiger partial charge in [0.2, 0.25) is 0 Å². The maximum absolute atomic E-state index is 12.9. The second-order valence-electron chi connectivity index (χ2n) is 17.5. The van der Waals surface area contributed by atoms with Crippen LogP contribution in [0.5, 0.6) is 0 Å². The number of aliphatic hydroxyl groups is 3. The summed E-state index contributed by atoms with van der Waals surface area (Å²) in [5.74, 6) is -1.40. The Hall–Kier alpha value is -3.58. The number of esters is 2. The molecule has 71 heavy (non-hydrogen) atoms. The Bertz CT molecular complexity index is 1940. The number of carbonyl (C=O) groups is 2. The van der Waals surface area contributed by atoms with Crippen molar-refractivity contribution in [3.8, 4) is 0 Å². The van der Waals surface area contributed by atoms with Gasteiger partial charge in [-0.1, -0.05) is 132 Å². The van der Waals surface area contributed by atoms with Crippen molar-refractivity contribution < 1.29 is 71.4 Å². The highest BCUT2D eigenvalue weighted by Gasteiger charge is 2.46. The first kappa shape index (κ1) is 63.5. The largest absolute Gasteiger partial charge is 0.481 e. The normalized spacial score (nSPS) is 20.1. The number of hydrogen-bond donors (Lipinski definition) is 6. The molecule has 8 atom stereocenters. The number of phosphoric acid groups is 2. The number of unbranched alkanes of at least 4 members (excludes halogenated alkanes) is 12. The molecule has 2 heterocycles. The first-order chi connectivity index (χ1) is 34.1. The van der Waals surface area contributed by atoms with E-state index in [1.807, 2.05) is 30.4 Å². The Morgan fingerprint density at radius 2 is 1.28 bits per heavy atom. The van der Waals surface area contributed by atoms with Gasteiger partial charge < -0.3 is 45.1 Å². The summed E-state index contributed by atoms with van der Waals surface area (Å²) < 4.78 is 56.7. The van der Waals surface area contributed by atoms with E-state index in [2.05, 4.69) is 53.5 Å². The van der Waals surface area contributed by atoms with Gasteiger partial charge in [-0.05, 0) is 83.1 Å². The van der Waals surface area contributed by atoms with Crippen molar-refractivity contribution in [1.82, 2.24) is 9.55 Å². The van der Waals surface area contributed by atoms with E-state index in [9.17, 15) is 48.6 Å². The molecule has 404 valence electrons. The molecule has 1 aliphatic rings. The van der Waals surface area contributed by atoms with Crippen molar-refractivity contribution in [2.24, 2.45) is 0 Å². The van der Waals surface area contributed by atoms with Gasteiger partial charge in [0.15, 0.2) is 12.3 Å². The third-order valence-corrected chi connectivity index (χ3v) is 13.7. The average Bonchev–Trinajstić information content (AvgIpc) is 3.60. The van der Waals surface area contributed by atoms with E-state index in [-0.39, 0.29) is 24.8 Å². The fourth-order valence-electron chi connectivity index (χ4n) is 7.20. The standard InChI is InChI=1S/C50H83N3O16P2/c1-3-5-6-7-8-9-10-11-12-15-19-22-25-28-31-35-46(56)67-42(38-64-45(55)34-30-27-24-21-18-16-13-14-17-20-23-26-29-33-41(54)32-4-2)39-65-70(60,61)69-71(62,63)66-40-43-47(57)48(58)49(68-43)53-37-36-44(51)52-50(53)59/h11-13,16-17,20-21,24,26,29,36-37,41-43,47-49,54,57-58H,3-10,14-15,18-19,22-23,25,27-28,30-35,38-40H2,1-2H3,(H,60,61)(H,62,63)(H2,51,52,59)/b12-11-,16-13-,20-17-,24-21-,29-26-/t41?,42-,43-,47-,48-,49-/m1/s1. The SMILES string of the molecule is CCCCCCCC/C=C\CCCCCCCC(=O)O[C@H](COC(=O)CCC/C=C\C/C=C\C/C=C\C/C=C\CC(O)CCC)COP(=O)(O)OP(=O)(O)OC[C@H]1O[C@@H](n2ccc(N)nc2=O)[C@H](O)[C@@H]1O. The summed E-state index contributed by atoms with van der Waals surface area (Å²) >= 11 is 0. The van der Waals surface area contributed by atoms with Crippen molar-refractivity contribution in [2.45, 2.75) is 198 Å². The Balaban J connectivity index is 1.83. The lowest BCUT2D eigenvalue weighted by Gasteiger charge is -2.21. The van der Waals surface area contributed by atoms with Crippen LogP contribution in [-0.4, -0.2) is 96.9 Å². The summed E-state index contributed by atoms with van der Waals surface area (Å²) in [5.41, 5.74) is 4.58. The van der Waals surface area contributed by atoms with Crippen LogP contribution in [0.1, 0.15) is 168 Å². The molecule has 3 unspecified atom stereocenters. The highest BCUT2D eigenvalue weighted by atomic mass is 31.3. The quantitative estimate of drug-likeness (QED) is 0.0154. The van der Waals surface area contributed by atoms with Crippen LogP contribution in [0.3, 0.4) is 0 Å². The zero-order valence-electron chi connectivity index (χ0n) is 41.9. The zero-order valence-corrected chi connectivity index (χ0v) is 43.7. The molecule has 1 aliphatic heterocycles. The zero-order chi connectivity index (χ0) is 52.2. The van der Waals surface area contributed by atoms with E-state index in [4.69, 9.17) is 29.0 Å². The predicted octanol–water partition coefficient (Wildman–Crippen LogP) is 9.30. The fourth-order valence-corrected chi connectivity index (χ4v) is 9.31. The van der Waals surface area contributed by atoms with Gasteiger partial charge in [-0.3, -0.25) is 23.2 Å². The fraction of sp³-hybridized carbons (Fsp3) is 0.680. The van der Waals surface area contributed by atoms with Gasteiger partial charge >= 0.3 is 33.3 Å². The van der Waals surface area contributed by atoms with Crippen LogP contribution in [0.2, 0.25) is 0 Å². The third-order valence-electron chi connectivity index (χ3n) is 11.1. The number of allylic oxidation sites excluding steroid dienone is 9. The Morgan fingerprint density at radius 3 is 1.92 bits per heavy atom. The number of anilines is 1. The number of aliphatic hydroxyl groups excluding tert-OH is 3. The van der Waals surface area contributed by atoms with Gasteiger partial charge in [0, 0.05) is 19.0 Å². The van der Waals surface area contributed by atoms with Crippen molar-refractivity contribution in [1.29, 1.82) is 0 Å². The molecule has 1 aromatic rings. The monoisotopic (exact) mass is 1040 g/mol. The molecule has 0 spiro atoms. The molecule has 1 saturated heterocycles. The highest BCUT2D eigenvalue weighted by Crippen LogP contribution is 2.60. The van der Waals surface area contributed by atoms with Crippen LogP contribution in [0, 0.1) is 0 Å². The molecular weight excluding hydrogens is 961 g/mol. The molecule has 0 saturated carbocycles. The molecule has 0 aliphatic carbocycles. The van der Waals surface area contributed by atoms with Crippen molar-refractivity contribution in [3.05, 3.63) is 83.5 Å². The molecule has 0 aromatic carbocycles. The minimum Gasteiger partial charge on any atom is -0.462 e. The van der Waals surface area contributed by atoms with E-state index >= 15 is 0 Å². The number of ether oxygens (including phenoxy) is 3. The van der Waals surface area contributed by atoms with Crippen LogP contribution in [-0.2, 0) is 46.3 Å². The van der Waals surface area contributed by atoms with E-state index in [0.717, 1.165) is 81.4 Å². The lowest BCUT2D eigenvalue weighted by molar-refractivity contribution is -0.161. The lowest BCUT2D eigenvalue weighted by atomic mass is 10.1. The van der Waals surface area contributed by atoms with E-state index < -0.39 is 83.7 Å². The minimum absolute atomic E-state index is 0.0191. The van der Waals surface area contributed by atoms with E-state index in [1.54, 1.807) is 0 Å². The Morgan fingerprint density at radius 1 is 0.732 bits per heavy atom. The maximum Gasteiger partial charge on any atom is 0.481 e. The summed E-state index contributed by atoms with van der Waals surface area (Å²) in [7, 11) is -10.9. The minimum atomic E-state index is -5.44. The molecule has 0 radical (unpaired) electrons. The maximum atomic E-state index is 12.9. The lowest BCUT2D eigenvalue weighted by Crippen LogP contribution is -2.36. The summed E-state index contributed by atoms with van der Waals surface area (Å²) in [6.45, 7) is 1.88. The number of nitrogens with two attached hydrogens (primary N) is 1. The summed E-state index contributed by atoms with van der Waals surface area (Å²) in [6.07, 6.45) is 33.7. The molecule has 1 fully saturated rings. The summed E-state index contributed by atoms with van der Waals surface area (Å²) in [6, 6.07) is 1.24. The van der Waals surface area contributed by atoms with Gasteiger partial charge in [0.05, 0.1) is 19.3 Å². The van der Waals surface area contributed by atoms with Gasteiger partial charge in [-0.2, -0.15) is 9.29 Å². The molecule has 0 bridgehead atoms. The van der Waals surface area contributed by atoms with E-state index in [1.165, 1.54) is 44.6 Å². The number of aromatic nitrogens is 2. The summed E-state index contributed by atoms with van der Waals surface area (Å²) in [5, 5.41) is 30.7. The van der Waals surface area contributed by atoms with Gasteiger partial charge in [-0.15, -0.1) is 0 Å². The van der Waals surface area contributed by atoms with E-state index in [0.29, 0.717) is 25.7 Å². The average molecular weight is 1040 g/mol. The van der Waals surface area contributed by atoms with Gasteiger partial charge in [0.1, 0.15) is 30.7 Å². The molecule has 21 heteroatoms. The van der Waals surface area contributed by atoms with Crippen molar-refractivity contribution in [3.63, 3.8) is 0 Å². The number of nitrogen functional groups attached to an aromatic ring is 1. The highest BCUT2D eigenvalue weighted by molar-refractivity contribution is 7.61. The molecule has 0 amide bonds. The van der Waals surface area contributed by atoms with Crippen LogP contribution in [0.4, 0.5) is 5.82 Å². The molecule has 1 aromatic heterocycles. The number of hydrogen-bond acceptors (Lipinski definition) is 16. The van der Waals surface area contributed by atoms with Gasteiger partial charge in [0.25, 0.3) is 0 Å². The first-order valence-electron chi connectivity index (χ1n) is 25.4. The Labute approximate surface area is 420 Å². The Kier molecular flexibility index (Phi) is 34.1.